The highest BCUT2D eigenvalue weighted by Crippen LogP contribution is 1.97. The molecule has 0 atom stereocenters. The van der Waals surface area contributed by atoms with E-state index < -0.39 is 10.0 Å². The first-order valence-corrected chi connectivity index (χ1v) is 6.12. The lowest BCUT2D eigenvalue weighted by atomic mass is 10.2. The second-order valence-electron chi connectivity index (χ2n) is 2.77. The molecule has 0 spiro atoms. The fourth-order valence-electron chi connectivity index (χ4n) is 0.836. The number of rotatable bonds is 7. The van der Waals surface area contributed by atoms with Gasteiger partial charge in [-0.3, -0.25) is 0 Å². The van der Waals surface area contributed by atoms with Crippen LogP contribution < -0.4 is 4.72 Å². The summed E-state index contributed by atoms with van der Waals surface area (Å²) in [7, 11) is -3.03. The van der Waals surface area contributed by atoms with Crippen molar-refractivity contribution in [3.8, 4) is 6.07 Å². The predicted molar refractivity (Wildman–Crippen MR) is 51.5 cm³/mol. The Morgan fingerprint density at radius 1 is 1.31 bits per heavy atom. The lowest BCUT2D eigenvalue weighted by Gasteiger charge is -2.02. The van der Waals surface area contributed by atoms with Gasteiger partial charge < -0.3 is 0 Å². The van der Waals surface area contributed by atoms with E-state index in [1.807, 2.05) is 6.07 Å². The second kappa shape index (κ2) is 6.87. The molecule has 0 amide bonds. The molecular weight excluding hydrogens is 188 g/mol. The van der Waals surface area contributed by atoms with Gasteiger partial charge in [0.25, 0.3) is 0 Å². The Balaban J connectivity index is 3.32. The minimum atomic E-state index is -3.03. The first-order chi connectivity index (χ1) is 6.12. The quantitative estimate of drug-likeness (QED) is 0.629. The number of nitrogens with zero attached hydrogens (tertiary/aromatic N) is 1. The van der Waals surface area contributed by atoms with Crippen molar-refractivity contribution in [2.24, 2.45) is 0 Å². The Morgan fingerprint density at radius 2 is 2.00 bits per heavy atom. The zero-order valence-electron chi connectivity index (χ0n) is 7.91. The van der Waals surface area contributed by atoms with E-state index >= 15 is 0 Å². The van der Waals surface area contributed by atoms with Crippen LogP contribution in [-0.2, 0) is 10.0 Å². The number of hydrogen-bond acceptors (Lipinski definition) is 3. The Bertz CT molecular complexity index is 254. The van der Waals surface area contributed by atoms with Crippen molar-refractivity contribution in [2.75, 3.05) is 12.3 Å². The molecule has 0 saturated carbocycles. The van der Waals surface area contributed by atoms with Gasteiger partial charge in [-0.15, -0.1) is 0 Å². The largest absolute Gasteiger partial charge is 0.215 e. The first-order valence-electron chi connectivity index (χ1n) is 4.46. The van der Waals surface area contributed by atoms with E-state index in [9.17, 15) is 8.42 Å². The molecule has 0 heterocycles. The smallest absolute Gasteiger partial charge is 0.211 e. The molecule has 0 aromatic carbocycles. The van der Waals surface area contributed by atoms with Crippen LogP contribution >= 0.6 is 0 Å². The van der Waals surface area contributed by atoms with Gasteiger partial charge in [0.15, 0.2) is 0 Å². The van der Waals surface area contributed by atoms with Crippen LogP contribution in [-0.4, -0.2) is 20.7 Å². The fraction of sp³-hybridized carbons (Fsp3) is 0.875. The highest BCUT2D eigenvalue weighted by atomic mass is 32.2. The summed E-state index contributed by atoms with van der Waals surface area (Å²) in [6, 6.07) is 2.05. The molecule has 0 saturated heterocycles. The lowest BCUT2D eigenvalue weighted by molar-refractivity contribution is 0.576. The SMILES string of the molecule is CCS(=O)(=O)NCCCCCC#N. The molecule has 5 heteroatoms. The average molecular weight is 204 g/mol. The predicted octanol–water partition coefficient (Wildman–Crippen LogP) is 1.01. The van der Waals surface area contributed by atoms with Crippen molar-refractivity contribution in [1.29, 1.82) is 5.26 Å². The van der Waals surface area contributed by atoms with Gasteiger partial charge in [-0.2, -0.15) is 5.26 Å². The zero-order valence-corrected chi connectivity index (χ0v) is 8.73. The number of sulfonamides is 1. The molecule has 0 unspecified atom stereocenters. The molecule has 13 heavy (non-hydrogen) atoms. The standard InChI is InChI=1S/C8H16N2O2S/c1-2-13(11,12)10-8-6-4-3-5-7-9/h10H,2-6,8H2,1H3. The summed E-state index contributed by atoms with van der Waals surface area (Å²) >= 11 is 0. The summed E-state index contributed by atoms with van der Waals surface area (Å²) < 4.78 is 24.3. The lowest BCUT2D eigenvalue weighted by Crippen LogP contribution is -2.26. The van der Waals surface area contributed by atoms with Gasteiger partial charge in [0.2, 0.25) is 10.0 Å². The van der Waals surface area contributed by atoms with Gasteiger partial charge in [-0.05, 0) is 19.8 Å². The topological polar surface area (TPSA) is 70.0 Å². The molecule has 0 bridgehead atoms. The molecule has 0 radical (unpaired) electrons. The van der Waals surface area contributed by atoms with E-state index in [4.69, 9.17) is 5.26 Å². The molecular formula is C8H16N2O2S. The number of hydrogen-bond donors (Lipinski definition) is 1. The van der Waals surface area contributed by atoms with Crippen LogP contribution in [0.25, 0.3) is 0 Å². The van der Waals surface area contributed by atoms with Crippen molar-refractivity contribution in [3.63, 3.8) is 0 Å². The van der Waals surface area contributed by atoms with E-state index in [1.54, 1.807) is 6.92 Å². The van der Waals surface area contributed by atoms with Crippen molar-refractivity contribution in [3.05, 3.63) is 0 Å². The number of unbranched alkanes of at least 4 members (excludes halogenated alkanes) is 3. The average Bonchev–Trinajstić information content (AvgIpc) is 2.11. The number of nitrogens with one attached hydrogen (secondary N) is 1. The summed E-state index contributed by atoms with van der Waals surface area (Å²) in [5, 5.41) is 8.23. The van der Waals surface area contributed by atoms with Gasteiger partial charge in [0, 0.05) is 13.0 Å². The molecule has 4 nitrogen and oxygen atoms in total. The maximum Gasteiger partial charge on any atom is 0.211 e. The van der Waals surface area contributed by atoms with Crippen LogP contribution in [0.15, 0.2) is 0 Å². The van der Waals surface area contributed by atoms with Crippen molar-refractivity contribution >= 4 is 10.0 Å². The van der Waals surface area contributed by atoms with Crippen LogP contribution in [0.4, 0.5) is 0 Å². The molecule has 76 valence electrons. The molecule has 0 aliphatic heterocycles. The maximum absolute atomic E-state index is 10.9. The van der Waals surface area contributed by atoms with Crippen LogP contribution in [0, 0.1) is 11.3 Å². The van der Waals surface area contributed by atoms with Crippen molar-refractivity contribution in [1.82, 2.24) is 4.72 Å². The normalized spacial score (nSPS) is 11.1. The van der Waals surface area contributed by atoms with Gasteiger partial charge >= 0.3 is 0 Å². The van der Waals surface area contributed by atoms with Gasteiger partial charge in [-0.25, -0.2) is 13.1 Å². The van der Waals surface area contributed by atoms with Crippen molar-refractivity contribution < 1.29 is 8.42 Å². The highest BCUT2D eigenvalue weighted by Gasteiger charge is 2.03. The Kier molecular flexibility index (Phi) is 6.55. The third-order valence-corrected chi connectivity index (χ3v) is 3.07. The van der Waals surface area contributed by atoms with Crippen molar-refractivity contribution in [2.45, 2.75) is 32.6 Å². The summed E-state index contributed by atoms with van der Waals surface area (Å²) in [5.74, 6) is 0.130. The minimum Gasteiger partial charge on any atom is -0.215 e. The van der Waals surface area contributed by atoms with Crippen LogP contribution in [0.5, 0.6) is 0 Å². The number of nitriles is 1. The van der Waals surface area contributed by atoms with E-state index in [2.05, 4.69) is 4.72 Å². The van der Waals surface area contributed by atoms with E-state index in [-0.39, 0.29) is 5.75 Å². The van der Waals surface area contributed by atoms with E-state index in [1.165, 1.54) is 0 Å². The fourth-order valence-corrected chi connectivity index (χ4v) is 1.50. The van der Waals surface area contributed by atoms with Gasteiger partial charge in [0.05, 0.1) is 11.8 Å². The Hall–Kier alpha value is -0.600. The zero-order chi connectivity index (χ0) is 10.2. The monoisotopic (exact) mass is 204 g/mol. The molecule has 0 fully saturated rings. The maximum atomic E-state index is 10.9. The van der Waals surface area contributed by atoms with Gasteiger partial charge in [-0.1, -0.05) is 6.42 Å². The van der Waals surface area contributed by atoms with Crippen LogP contribution in [0.3, 0.4) is 0 Å². The summed E-state index contributed by atoms with van der Waals surface area (Å²) in [4.78, 5) is 0. The molecule has 0 aliphatic rings. The molecule has 0 aliphatic carbocycles. The second-order valence-corrected chi connectivity index (χ2v) is 4.86. The Labute approximate surface area is 80.0 Å². The van der Waals surface area contributed by atoms with Gasteiger partial charge in [0.1, 0.15) is 0 Å². The van der Waals surface area contributed by atoms with E-state index in [0.717, 1.165) is 19.3 Å². The molecule has 1 N–H and O–H groups in total. The highest BCUT2D eigenvalue weighted by molar-refractivity contribution is 7.89. The van der Waals surface area contributed by atoms with Crippen LogP contribution in [0.2, 0.25) is 0 Å². The first kappa shape index (κ1) is 12.4. The third kappa shape index (κ3) is 7.75. The Morgan fingerprint density at radius 3 is 2.54 bits per heavy atom. The van der Waals surface area contributed by atoms with E-state index in [0.29, 0.717) is 13.0 Å². The summed E-state index contributed by atoms with van der Waals surface area (Å²) in [6.45, 7) is 2.10. The molecule has 0 rings (SSSR count). The summed E-state index contributed by atoms with van der Waals surface area (Å²) in [5.41, 5.74) is 0. The third-order valence-electron chi connectivity index (χ3n) is 1.67. The van der Waals surface area contributed by atoms with Crippen LogP contribution in [0.1, 0.15) is 32.6 Å². The minimum absolute atomic E-state index is 0.130. The molecule has 0 aromatic heterocycles. The summed E-state index contributed by atoms with van der Waals surface area (Å²) in [6.07, 6.45) is 3.12. The molecule has 0 aromatic rings.